The van der Waals surface area contributed by atoms with Gasteiger partial charge in [-0.3, -0.25) is 0 Å². The molecule has 0 aromatic rings. The molecule has 0 amide bonds. The van der Waals surface area contributed by atoms with E-state index in [4.69, 9.17) is 4.74 Å². The van der Waals surface area contributed by atoms with Crippen molar-refractivity contribution in [3.05, 3.63) is 0 Å². The molecule has 1 rings (SSSR count). The highest BCUT2D eigenvalue weighted by atomic mass is 16.5. The predicted molar refractivity (Wildman–Crippen MR) is 43.0 cm³/mol. The fourth-order valence-corrected chi connectivity index (χ4v) is 1.81. The van der Waals surface area contributed by atoms with Crippen molar-refractivity contribution < 1.29 is 4.74 Å². The van der Waals surface area contributed by atoms with Gasteiger partial charge in [-0.25, -0.2) is 0 Å². The van der Waals surface area contributed by atoms with Gasteiger partial charge in [0, 0.05) is 0 Å². The summed E-state index contributed by atoms with van der Waals surface area (Å²) in [6, 6.07) is 0. The molecule has 1 saturated heterocycles. The lowest BCUT2D eigenvalue weighted by molar-refractivity contribution is -0.0594. The second-order valence-electron chi connectivity index (χ2n) is 3.55. The van der Waals surface area contributed by atoms with Crippen LogP contribution in [-0.2, 0) is 4.74 Å². The molecule has 0 aromatic heterocycles. The fraction of sp³-hybridized carbons (Fsp3) is 1.00. The molecule has 0 aliphatic carbocycles. The second kappa shape index (κ2) is 3.38. The third-order valence-corrected chi connectivity index (χ3v) is 2.28. The summed E-state index contributed by atoms with van der Waals surface area (Å²) in [5, 5.41) is 0. The van der Waals surface area contributed by atoms with Gasteiger partial charge in [0.2, 0.25) is 0 Å². The number of hydrogen-bond acceptors (Lipinski definition) is 1. The maximum absolute atomic E-state index is 5.71. The van der Waals surface area contributed by atoms with Gasteiger partial charge in [0.1, 0.15) is 0 Å². The summed E-state index contributed by atoms with van der Waals surface area (Å²) in [5.74, 6) is 0.869. The molecule has 0 radical (unpaired) electrons. The molecule has 0 N–H and O–H groups in total. The van der Waals surface area contributed by atoms with Crippen molar-refractivity contribution in [1.82, 2.24) is 0 Å². The number of hydrogen-bond donors (Lipinski definition) is 0. The van der Waals surface area contributed by atoms with Gasteiger partial charge in [-0.05, 0) is 32.1 Å². The topological polar surface area (TPSA) is 9.23 Å². The summed E-state index contributed by atoms with van der Waals surface area (Å²) >= 11 is 0. The third kappa shape index (κ3) is 1.98. The average Bonchev–Trinajstić information content (AvgIpc) is 1.85. The largest absolute Gasteiger partial charge is 0.375 e. The number of ether oxygens (including phenoxy) is 1. The molecule has 10 heavy (non-hydrogen) atoms. The van der Waals surface area contributed by atoms with Crippen LogP contribution in [0, 0.1) is 5.92 Å². The zero-order valence-corrected chi connectivity index (χ0v) is 7.26. The Morgan fingerprint density at radius 3 is 2.50 bits per heavy atom. The van der Waals surface area contributed by atoms with Gasteiger partial charge in [-0.2, -0.15) is 0 Å². The van der Waals surface area contributed by atoms with Gasteiger partial charge in [0.05, 0.1) is 12.2 Å². The summed E-state index contributed by atoms with van der Waals surface area (Å²) in [4.78, 5) is 0. The zero-order chi connectivity index (χ0) is 7.56. The molecule has 2 unspecified atom stereocenters. The van der Waals surface area contributed by atoms with Crippen molar-refractivity contribution in [3.63, 3.8) is 0 Å². The van der Waals surface area contributed by atoms with Gasteiger partial charge >= 0.3 is 0 Å². The van der Waals surface area contributed by atoms with Crippen molar-refractivity contribution in [2.24, 2.45) is 5.92 Å². The lowest BCUT2D eigenvalue weighted by atomic mass is 9.93. The quantitative estimate of drug-likeness (QED) is 0.547. The highest BCUT2D eigenvalue weighted by Gasteiger charge is 2.22. The summed E-state index contributed by atoms with van der Waals surface area (Å²) in [6.07, 6.45) is 4.72. The first-order chi connectivity index (χ1) is 4.72. The van der Waals surface area contributed by atoms with Crippen LogP contribution in [0.1, 0.15) is 40.0 Å². The Bertz CT molecular complexity index is 90.9. The third-order valence-electron chi connectivity index (χ3n) is 2.28. The van der Waals surface area contributed by atoms with Crippen LogP contribution in [0.25, 0.3) is 0 Å². The van der Waals surface area contributed by atoms with Crippen LogP contribution in [0.15, 0.2) is 0 Å². The smallest absolute Gasteiger partial charge is 0.0578 e. The van der Waals surface area contributed by atoms with E-state index in [1.54, 1.807) is 0 Å². The monoisotopic (exact) mass is 142 g/mol. The van der Waals surface area contributed by atoms with E-state index in [9.17, 15) is 0 Å². The van der Waals surface area contributed by atoms with E-state index in [-0.39, 0.29) is 0 Å². The molecule has 0 bridgehead atoms. The first kappa shape index (κ1) is 8.06. The first-order valence-electron chi connectivity index (χ1n) is 4.37. The van der Waals surface area contributed by atoms with Crippen LogP contribution in [0.4, 0.5) is 0 Å². The standard InChI is InChI=1S/C9H18O/c1-4-9-6-7(2)5-8(3)10-9/h7-9H,4-6H2,1-3H3/t7?,8-,9?/m0/s1. The van der Waals surface area contributed by atoms with Crippen molar-refractivity contribution in [1.29, 1.82) is 0 Å². The Morgan fingerprint density at radius 2 is 2.00 bits per heavy atom. The van der Waals surface area contributed by atoms with Crippen molar-refractivity contribution in [2.45, 2.75) is 52.2 Å². The summed E-state index contributed by atoms with van der Waals surface area (Å²) in [7, 11) is 0. The van der Waals surface area contributed by atoms with Gasteiger partial charge in [-0.1, -0.05) is 13.8 Å². The SMILES string of the molecule is CCC1CC(C)C[C@H](C)O1. The molecule has 3 atom stereocenters. The van der Waals surface area contributed by atoms with Crippen LogP contribution >= 0.6 is 0 Å². The molecule has 0 saturated carbocycles. The van der Waals surface area contributed by atoms with Gasteiger partial charge in [0.15, 0.2) is 0 Å². The summed E-state index contributed by atoms with van der Waals surface area (Å²) in [6.45, 7) is 6.70. The Balaban J connectivity index is 2.35. The highest BCUT2D eigenvalue weighted by molar-refractivity contribution is 4.71. The normalized spacial score (nSPS) is 41.7. The van der Waals surface area contributed by atoms with Crippen LogP contribution < -0.4 is 0 Å². The molecule has 1 heterocycles. The molecular formula is C9H18O. The van der Waals surface area contributed by atoms with Gasteiger partial charge < -0.3 is 4.74 Å². The molecule has 1 fully saturated rings. The summed E-state index contributed by atoms with van der Waals surface area (Å²) in [5.41, 5.74) is 0. The van der Waals surface area contributed by atoms with E-state index in [1.165, 1.54) is 19.3 Å². The van der Waals surface area contributed by atoms with Crippen molar-refractivity contribution in [3.8, 4) is 0 Å². The van der Waals surface area contributed by atoms with Crippen LogP contribution in [0.2, 0.25) is 0 Å². The maximum atomic E-state index is 5.71. The molecule has 0 aromatic carbocycles. The van der Waals surface area contributed by atoms with Crippen LogP contribution in [0.5, 0.6) is 0 Å². The van der Waals surface area contributed by atoms with Crippen LogP contribution in [0.3, 0.4) is 0 Å². The molecule has 60 valence electrons. The van der Waals surface area contributed by atoms with Crippen molar-refractivity contribution in [2.75, 3.05) is 0 Å². The zero-order valence-electron chi connectivity index (χ0n) is 7.26. The van der Waals surface area contributed by atoms with Crippen molar-refractivity contribution >= 4 is 0 Å². The Kier molecular flexibility index (Phi) is 2.72. The van der Waals surface area contributed by atoms with E-state index in [0.717, 1.165) is 5.92 Å². The lowest BCUT2D eigenvalue weighted by Crippen LogP contribution is -2.29. The van der Waals surface area contributed by atoms with Gasteiger partial charge in [-0.15, -0.1) is 0 Å². The minimum absolute atomic E-state index is 0.494. The molecule has 1 nitrogen and oxygen atoms in total. The van der Waals surface area contributed by atoms with Crippen LogP contribution in [-0.4, -0.2) is 12.2 Å². The fourth-order valence-electron chi connectivity index (χ4n) is 1.81. The minimum atomic E-state index is 0.494. The second-order valence-corrected chi connectivity index (χ2v) is 3.55. The number of rotatable bonds is 1. The van der Waals surface area contributed by atoms with E-state index in [2.05, 4.69) is 20.8 Å². The molecule has 0 spiro atoms. The lowest BCUT2D eigenvalue weighted by Gasteiger charge is -2.31. The Labute approximate surface area is 63.8 Å². The Morgan fingerprint density at radius 1 is 1.30 bits per heavy atom. The van der Waals surface area contributed by atoms with E-state index in [1.807, 2.05) is 0 Å². The molecular weight excluding hydrogens is 124 g/mol. The predicted octanol–water partition coefficient (Wildman–Crippen LogP) is 2.60. The van der Waals surface area contributed by atoms with Gasteiger partial charge in [0.25, 0.3) is 0 Å². The van der Waals surface area contributed by atoms with E-state index in [0.29, 0.717) is 12.2 Å². The molecule has 1 aliphatic rings. The molecule has 1 aliphatic heterocycles. The van der Waals surface area contributed by atoms with E-state index >= 15 is 0 Å². The maximum Gasteiger partial charge on any atom is 0.0578 e. The average molecular weight is 142 g/mol. The Hall–Kier alpha value is -0.0400. The highest BCUT2D eigenvalue weighted by Crippen LogP contribution is 2.25. The minimum Gasteiger partial charge on any atom is -0.375 e. The van der Waals surface area contributed by atoms with E-state index < -0.39 is 0 Å². The molecule has 1 heteroatoms. The summed E-state index contributed by atoms with van der Waals surface area (Å²) < 4.78 is 5.71. The first-order valence-corrected chi connectivity index (χ1v) is 4.37.